The maximum absolute atomic E-state index is 10.2. The predicted octanol–water partition coefficient (Wildman–Crippen LogP) is 3.23. The van der Waals surface area contributed by atoms with Crippen LogP contribution >= 0.6 is 0 Å². The molecule has 3 rings (SSSR count). The summed E-state index contributed by atoms with van der Waals surface area (Å²) < 4.78 is 5.24. The number of aliphatic hydroxyl groups is 1. The summed E-state index contributed by atoms with van der Waals surface area (Å²) in [4.78, 5) is 6.95. The van der Waals surface area contributed by atoms with Crippen molar-refractivity contribution in [3.05, 3.63) is 54.0 Å². The number of aliphatic hydroxyl groups excluding tert-OH is 1. The number of anilines is 1. The second kappa shape index (κ2) is 9.46. The lowest BCUT2D eigenvalue weighted by molar-refractivity contribution is 0.158. The molecule has 1 aromatic carbocycles. The van der Waals surface area contributed by atoms with Gasteiger partial charge < -0.3 is 25.1 Å². The zero-order valence-corrected chi connectivity index (χ0v) is 16.2. The highest BCUT2D eigenvalue weighted by Crippen LogP contribution is 2.24. The first kappa shape index (κ1) is 19.3. The zero-order valence-electron chi connectivity index (χ0n) is 16.2. The van der Waals surface area contributed by atoms with Gasteiger partial charge in [0.1, 0.15) is 11.9 Å². The van der Waals surface area contributed by atoms with Gasteiger partial charge in [-0.3, -0.25) is 4.99 Å². The molecule has 27 heavy (non-hydrogen) atoms. The lowest BCUT2D eigenvalue weighted by Gasteiger charge is -2.22. The Morgan fingerprint density at radius 1 is 1.26 bits per heavy atom. The predicted molar refractivity (Wildman–Crippen MR) is 109 cm³/mol. The second-order valence-corrected chi connectivity index (χ2v) is 6.91. The Hall–Kier alpha value is -2.47. The molecule has 2 unspecified atom stereocenters. The minimum atomic E-state index is -0.746. The van der Waals surface area contributed by atoms with Crippen molar-refractivity contribution >= 4 is 11.6 Å². The molecule has 1 aromatic heterocycles. The number of guanidine groups is 1. The van der Waals surface area contributed by atoms with Gasteiger partial charge >= 0.3 is 0 Å². The molecule has 2 atom stereocenters. The van der Waals surface area contributed by atoms with Crippen molar-refractivity contribution in [2.45, 2.75) is 38.8 Å². The molecule has 6 heteroatoms. The van der Waals surface area contributed by atoms with Crippen LogP contribution in [0.1, 0.15) is 50.2 Å². The van der Waals surface area contributed by atoms with Crippen LogP contribution in [0.25, 0.3) is 0 Å². The van der Waals surface area contributed by atoms with Crippen LogP contribution in [-0.2, 0) is 0 Å². The first-order valence-corrected chi connectivity index (χ1v) is 9.78. The van der Waals surface area contributed by atoms with E-state index in [0.29, 0.717) is 11.7 Å². The highest BCUT2D eigenvalue weighted by molar-refractivity contribution is 5.80. The summed E-state index contributed by atoms with van der Waals surface area (Å²) in [5, 5.41) is 16.8. The van der Waals surface area contributed by atoms with Crippen LogP contribution < -0.4 is 15.5 Å². The SMILES string of the molecule is CCNC(=NCC(O)c1ccco1)NC(C)c1cccc(N2CCCC2)c1. The molecule has 1 fully saturated rings. The lowest BCUT2D eigenvalue weighted by atomic mass is 10.1. The Bertz CT molecular complexity index is 724. The minimum Gasteiger partial charge on any atom is -0.467 e. The van der Waals surface area contributed by atoms with Crippen molar-refractivity contribution < 1.29 is 9.52 Å². The Labute approximate surface area is 161 Å². The van der Waals surface area contributed by atoms with Crippen LogP contribution in [0.15, 0.2) is 52.1 Å². The highest BCUT2D eigenvalue weighted by Gasteiger charge is 2.15. The van der Waals surface area contributed by atoms with Gasteiger partial charge in [0.05, 0.1) is 18.8 Å². The van der Waals surface area contributed by atoms with Gasteiger partial charge in [0.15, 0.2) is 5.96 Å². The molecule has 6 nitrogen and oxygen atoms in total. The summed E-state index contributed by atoms with van der Waals surface area (Å²) in [7, 11) is 0. The smallest absolute Gasteiger partial charge is 0.191 e. The molecule has 0 bridgehead atoms. The standard InChI is InChI=1S/C21H30N4O2/c1-3-22-21(23-15-19(26)20-10-7-13-27-20)24-16(2)17-8-6-9-18(14-17)25-11-4-5-12-25/h6-10,13-14,16,19,26H,3-5,11-12,15H2,1-2H3,(H2,22,23,24). The Morgan fingerprint density at radius 3 is 2.78 bits per heavy atom. The monoisotopic (exact) mass is 370 g/mol. The summed E-state index contributed by atoms with van der Waals surface area (Å²) in [5.74, 6) is 1.21. The summed E-state index contributed by atoms with van der Waals surface area (Å²) in [6.45, 7) is 7.42. The molecule has 0 saturated carbocycles. The van der Waals surface area contributed by atoms with Crippen molar-refractivity contribution in [1.82, 2.24) is 10.6 Å². The second-order valence-electron chi connectivity index (χ2n) is 6.91. The van der Waals surface area contributed by atoms with Crippen LogP contribution in [0, 0.1) is 0 Å². The van der Waals surface area contributed by atoms with Crippen molar-refractivity contribution in [3.63, 3.8) is 0 Å². The molecular weight excluding hydrogens is 340 g/mol. The maximum atomic E-state index is 10.2. The zero-order chi connectivity index (χ0) is 19.1. The van der Waals surface area contributed by atoms with Gasteiger partial charge in [-0.1, -0.05) is 12.1 Å². The van der Waals surface area contributed by atoms with E-state index in [1.807, 2.05) is 6.92 Å². The van der Waals surface area contributed by atoms with Crippen LogP contribution in [-0.4, -0.2) is 37.2 Å². The van der Waals surface area contributed by atoms with Crippen molar-refractivity contribution in [1.29, 1.82) is 0 Å². The summed E-state index contributed by atoms with van der Waals surface area (Å²) in [5.41, 5.74) is 2.51. The van der Waals surface area contributed by atoms with E-state index in [1.54, 1.807) is 18.4 Å². The fourth-order valence-corrected chi connectivity index (χ4v) is 3.32. The van der Waals surface area contributed by atoms with Crippen LogP contribution in [0.2, 0.25) is 0 Å². The molecule has 1 aliphatic rings. The van der Waals surface area contributed by atoms with Crippen LogP contribution in [0.4, 0.5) is 5.69 Å². The molecule has 0 radical (unpaired) electrons. The van der Waals surface area contributed by atoms with E-state index >= 15 is 0 Å². The number of nitrogens with one attached hydrogen (secondary N) is 2. The minimum absolute atomic E-state index is 0.103. The van der Waals surface area contributed by atoms with E-state index in [9.17, 15) is 5.11 Å². The fourth-order valence-electron chi connectivity index (χ4n) is 3.32. The quantitative estimate of drug-likeness (QED) is 0.515. The van der Waals surface area contributed by atoms with Gasteiger partial charge in [-0.2, -0.15) is 0 Å². The number of hydrogen-bond acceptors (Lipinski definition) is 4. The van der Waals surface area contributed by atoms with Gasteiger partial charge in [0.25, 0.3) is 0 Å². The van der Waals surface area contributed by atoms with Crippen LogP contribution in [0.3, 0.4) is 0 Å². The maximum Gasteiger partial charge on any atom is 0.191 e. The molecule has 3 N–H and O–H groups in total. The average Bonchev–Trinajstić information content (AvgIpc) is 3.40. The highest BCUT2D eigenvalue weighted by atomic mass is 16.4. The molecule has 2 heterocycles. The normalized spacial score (nSPS) is 17.0. The number of benzene rings is 1. The third kappa shape index (κ3) is 5.26. The van der Waals surface area contributed by atoms with E-state index in [1.165, 1.54) is 24.1 Å². The third-order valence-corrected chi connectivity index (χ3v) is 4.83. The number of nitrogens with zero attached hydrogens (tertiary/aromatic N) is 2. The summed E-state index contributed by atoms with van der Waals surface area (Å²) in [6.07, 6.45) is 3.35. The lowest BCUT2D eigenvalue weighted by Crippen LogP contribution is -2.39. The van der Waals surface area contributed by atoms with E-state index in [4.69, 9.17) is 4.42 Å². The van der Waals surface area contributed by atoms with Crippen molar-refractivity contribution in [3.8, 4) is 0 Å². The summed E-state index contributed by atoms with van der Waals surface area (Å²) >= 11 is 0. The van der Waals surface area contributed by atoms with E-state index in [-0.39, 0.29) is 12.6 Å². The Kier molecular flexibility index (Phi) is 6.76. The van der Waals surface area contributed by atoms with Gasteiger partial charge in [-0.15, -0.1) is 0 Å². The first-order chi connectivity index (χ1) is 13.2. The summed E-state index contributed by atoms with van der Waals surface area (Å²) in [6, 6.07) is 12.3. The Morgan fingerprint density at radius 2 is 2.07 bits per heavy atom. The number of aliphatic imine (C=N–C) groups is 1. The van der Waals surface area contributed by atoms with Gasteiger partial charge in [0.2, 0.25) is 0 Å². The van der Waals surface area contributed by atoms with Crippen molar-refractivity contribution in [2.24, 2.45) is 4.99 Å². The third-order valence-electron chi connectivity index (χ3n) is 4.83. The van der Waals surface area contributed by atoms with Crippen molar-refractivity contribution in [2.75, 3.05) is 31.1 Å². The van der Waals surface area contributed by atoms with E-state index in [2.05, 4.69) is 51.7 Å². The number of furan rings is 1. The van der Waals surface area contributed by atoms with E-state index < -0.39 is 6.10 Å². The Balaban J connectivity index is 1.64. The van der Waals surface area contributed by atoms with Crippen LogP contribution in [0.5, 0.6) is 0 Å². The molecule has 0 amide bonds. The van der Waals surface area contributed by atoms with Gasteiger partial charge in [0, 0.05) is 25.3 Å². The number of rotatable bonds is 7. The average molecular weight is 370 g/mol. The molecule has 2 aromatic rings. The van der Waals surface area contributed by atoms with Gasteiger partial charge in [-0.05, 0) is 56.5 Å². The molecule has 1 saturated heterocycles. The topological polar surface area (TPSA) is 73.0 Å². The molecule has 0 spiro atoms. The molecule has 1 aliphatic heterocycles. The molecular formula is C21H30N4O2. The fraction of sp³-hybridized carbons (Fsp3) is 0.476. The largest absolute Gasteiger partial charge is 0.467 e. The number of hydrogen-bond donors (Lipinski definition) is 3. The van der Waals surface area contributed by atoms with E-state index in [0.717, 1.165) is 19.6 Å². The molecule has 0 aliphatic carbocycles. The molecule has 146 valence electrons. The first-order valence-electron chi connectivity index (χ1n) is 9.78. The van der Waals surface area contributed by atoms with Gasteiger partial charge in [-0.25, -0.2) is 0 Å².